The first-order chi connectivity index (χ1) is 19.2. The summed E-state index contributed by atoms with van der Waals surface area (Å²) in [5, 5.41) is 3.84. The largest absolute Gasteiger partial charge is 0.451 e. The smallest absolute Gasteiger partial charge is 0.379 e. The van der Waals surface area contributed by atoms with Crippen molar-refractivity contribution in [3.05, 3.63) is 58.6 Å². The van der Waals surface area contributed by atoms with Crippen molar-refractivity contribution in [3.63, 3.8) is 0 Å². The van der Waals surface area contributed by atoms with Crippen molar-refractivity contribution in [2.45, 2.75) is 24.7 Å². The minimum absolute atomic E-state index is 0.114. The number of nitrogens with one attached hydrogen (secondary N) is 1. The second-order valence-corrected chi connectivity index (χ2v) is 10.9. The molecule has 9 nitrogen and oxygen atoms in total. The number of hydrogen-bond acceptors (Lipinski definition) is 8. The van der Waals surface area contributed by atoms with Crippen LogP contribution >= 0.6 is 11.6 Å². The average molecular weight is 576 g/mol. The molecule has 13 heteroatoms. The monoisotopic (exact) mass is 575 g/mol. The van der Waals surface area contributed by atoms with Crippen molar-refractivity contribution in [3.8, 4) is 0 Å². The van der Waals surface area contributed by atoms with Gasteiger partial charge in [-0.3, -0.25) is 9.69 Å². The summed E-state index contributed by atoms with van der Waals surface area (Å²) >= 11 is 6.51. The van der Waals surface area contributed by atoms with Crippen LogP contribution in [0.1, 0.15) is 34.2 Å². The Balaban J connectivity index is 1.23. The third-order valence-corrected chi connectivity index (χ3v) is 8.44. The molecule has 2 aliphatic heterocycles. The predicted molar refractivity (Wildman–Crippen MR) is 143 cm³/mol. The standard InChI is InChI=1S/C27H29ClF3N7O2/c28-19-2-3-20-17(1-4-23(36-20)38-14-15(10-32)18-9-21(18)38)24(19)25(39)33-13-22(37-5-7-40-8-6-37)16-11-34-26(35-12-16)27(29,30)31/h1-4,11-12,15,18,21-22H,5-10,13-14,32H2,(H,33,39)/t15-,18?,21+,22?/m0/s1. The fourth-order valence-electron chi connectivity index (χ4n) is 5.94. The maximum Gasteiger partial charge on any atom is 0.451 e. The SMILES string of the molecule is NC[C@H]1CN(c2ccc3c(C(=O)NCC(c4cnc(C(F)(F)F)nc4)N4CCOCC4)c(Cl)ccc3n2)[C@@H]2CC12. The molecule has 2 aromatic heterocycles. The molecule has 3 aromatic rings. The molecule has 1 aliphatic carbocycles. The van der Waals surface area contributed by atoms with Crippen LogP contribution in [-0.2, 0) is 10.9 Å². The van der Waals surface area contributed by atoms with Crippen LogP contribution in [0.2, 0.25) is 5.02 Å². The van der Waals surface area contributed by atoms with E-state index in [0.29, 0.717) is 72.8 Å². The lowest BCUT2D eigenvalue weighted by atomic mass is 10.1. The van der Waals surface area contributed by atoms with Gasteiger partial charge in [-0.25, -0.2) is 15.0 Å². The number of carbonyl (C=O) groups is 1. The number of hydrogen-bond donors (Lipinski definition) is 2. The number of pyridine rings is 1. The van der Waals surface area contributed by atoms with Crippen LogP contribution in [0.4, 0.5) is 19.0 Å². The summed E-state index contributed by atoms with van der Waals surface area (Å²) in [6.07, 6.45) is -1.18. The fourth-order valence-corrected chi connectivity index (χ4v) is 6.19. The first-order valence-electron chi connectivity index (χ1n) is 13.3. The zero-order valence-corrected chi connectivity index (χ0v) is 22.3. The molecule has 3 N–H and O–H groups in total. The van der Waals surface area contributed by atoms with E-state index >= 15 is 0 Å². The highest BCUT2D eigenvalue weighted by Gasteiger charge is 2.53. The molecule has 1 saturated carbocycles. The number of halogens is 4. The molecule has 40 heavy (non-hydrogen) atoms. The molecule has 2 unspecified atom stereocenters. The summed E-state index contributed by atoms with van der Waals surface area (Å²) in [6.45, 7) is 3.69. The van der Waals surface area contributed by atoms with Gasteiger partial charge in [0.1, 0.15) is 5.82 Å². The Labute approximate surface area is 233 Å². The normalized spacial score (nSPS) is 23.7. The lowest BCUT2D eigenvalue weighted by Gasteiger charge is -2.34. The second kappa shape index (κ2) is 10.7. The van der Waals surface area contributed by atoms with Crippen molar-refractivity contribution >= 4 is 34.2 Å². The number of nitrogens with zero attached hydrogens (tertiary/aromatic N) is 5. The molecule has 3 fully saturated rings. The number of carbonyl (C=O) groups excluding carboxylic acids is 1. The summed E-state index contributed by atoms with van der Waals surface area (Å²) in [7, 11) is 0. The Morgan fingerprint density at radius 3 is 2.60 bits per heavy atom. The number of benzene rings is 1. The molecule has 0 bridgehead atoms. The molecule has 4 heterocycles. The number of nitrogens with two attached hydrogens (primary N) is 1. The minimum atomic E-state index is -4.64. The van der Waals surface area contributed by atoms with Gasteiger partial charge in [0.15, 0.2) is 0 Å². The summed E-state index contributed by atoms with van der Waals surface area (Å²) in [6, 6.07) is 7.26. The summed E-state index contributed by atoms with van der Waals surface area (Å²) in [5.41, 5.74) is 7.36. The van der Waals surface area contributed by atoms with Crippen molar-refractivity contribution < 1.29 is 22.7 Å². The van der Waals surface area contributed by atoms with E-state index in [1.54, 1.807) is 12.1 Å². The number of anilines is 1. The fraction of sp³-hybridized carbons (Fsp3) is 0.481. The Kier molecular flexibility index (Phi) is 7.28. The van der Waals surface area contributed by atoms with E-state index in [9.17, 15) is 18.0 Å². The van der Waals surface area contributed by atoms with Crippen LogP contribution in [0.5, 0.6) is 0 Å². The molecular weight excluding hydrogens is 547 g/mol. The third-order valence-electron chi connectivity index (χ3n) is 8.12. The molecule has 0 radical (unpaired) electrons. The minimum Gasteiger partial charge on any atom is -0.379 e. The number of fused-ring (bicyclic) bond motifs is 2. The molecule has 212 valence electrons. The lowest BCUT2D eigenvalue weighted by molar-refractivity contribution is -0.145. The molecule has 1 amide bonds. The van der Waals surface area contributed by atoms with Crippen LogP contribution < -0.4 is 16.0 Å². The molecule has 2 saturated heterocycles. The van der Waals surface area contributed by atoms with Crippen LogP contribution in [0.3, 0.4) is 0 Å². The van der Waals surface area contributed by atoms with Gasteiger partial charge in [-0.15, -0.1) is 0 Å². The zero-order valence-electron chi connectivity index (χ0n) is 21.6. The van der Waals surface area contributed by atoms with E-state index < -0.39 is 23.9 Å². The van der Waals surface area contributed by atoms with Crippen LogP contribution in [-0.4, -0.2) is 77.7 Å². The van der Waals surface area contributed by atoms with Gasteiger partial charge in [0.25, 0.3) is 5.91 Å². The Morgan fingerprint density at radius 1 is 1.18 bits per heavy atom. The Hall–Kier alpha value is -3.06. The molecule has 0 spiro atoms. The number of rotatable bonds is 7. The summed E-state index contributed by atoms with van der Waals surface area (Å²) in [4.78, 5) is 29.7. The molecular formula is C27H29ClF3N7O2. The number of ether oxygens (including phenoxy) is 1. The number of amides is 1. The van der Waals surface area contributed by atoms with E-state index in [4.69, 9.17) is 27.1 Å². The van der Waals surface area contributed by atoms with Crippen LogP contribution in [0.25, 0.3) is 10.9 Å². The highest BCUT2D eigenvalue weighted by atomic mass is 35.5. The van der Waals surface area contributed by atoms with E-state index in [-0.39, 0.29) is 11.6 Å². The topological polar surface area (TPSA) is 110 Å². The van der Waals surface area contributed by atoms with Crippen molar-refractivity contribution in [2.24, 2.45) is 17.6 Å². The Bertz CT molecular complexity index is 1400. The van der Waals surface area contributed by atoms with Gasteiger partial charge in [0.2, 0.25) is 5.82 Å². The van der Waals surface area contributed by atoms with E-state index in [0.717, 1.165) is 31.2 Å². The second-order valence-electron chi connectivity index (χ2n) is 10.5. The van der Waals surface area contributed by atoms with E-state index in [2.05, 4.69) is 20.2 Å². The van der Waals surface area contributed by atoms with Gasteiger partial charge >= 0.3 is 6.18 Å². The summed E-state index contributed by atoms with van der Waals surface area (Å²) < 4.78 is 44.5. The molecule has 3 aliphatic rings. The number of piperidine rings is 1. The molecule has 6 rings (SSSR count). The average Bonchev–Trinajstić information content (AvgIpc) is 3.66. The summed E-state index contributed by atoms with van der Waals surface area (Å²) in [5.74, 6) is 0.356. The van der Waals surface area contributed by atoms with Crippen molar-refractivity contribution in [1.82, 2.24) is 25.2 Å². The van der Waals surface area contributed by atoms with Gasteiger partial charge in [0.05, 0.1) is 35.4 Å². The third kappa shape index (κ3) is 5.20. The van der Waals surface area contributed by atoms with Crippen molar-refractivity contribution in [1.29, 1.82) is 0 Å². The number of morpholine rings is 1. The molecule has 4 atom stereocenters. The van der Waals surface area contributed by atoms with Gasteiger partial charge in [0, 0.05) is 55.6 Å². The van der Waals surface area contributed by atoms with Gasteiger partial charge in [-0.1, -0.05) is 11.6 Å². The number of alkyl halides is 3. The van der Waals surface area contributed by atoms with Gasteiger partial charge in [-0.2, -0.15) is 13.2 Å². The first-order valence-corrected chi connectivity index (χ1v) is 13.7. The quantitative estimate of drug-likeness (QED) is 0.442. The van der Waals surface area contributed by atoms with Gasteiger partial charge in [-0.05, 0) is 49.1 Å². The highest BCUT2D eigenvalue weighted by molar-refractivity contribution is 6.35. The van der Waals surface area contributed by atoms with E-state index in [1.807, 2.05) is 17.0 Å². The maximum atomic E-state index is 13.5. The van der Waals surface area contributed by atoms with Crippen LogP contribution in [0.15, 0.2) is 36.7 Å². The Morgan fingerprint density at radius 2 is 1.93 bits per heavy atom. The highest BCUT2D eigenvalue weighted by Crippen LogP contribution is 2.49. The predicted octanol–water partition coefficient (Wildman–Crippen LogP) is 3.28. The van der Waals surface area contributed by atoms with Crippen LogP contribution in [0, 0.1) is 11.8 Å². The van der Waals surface area contributed by atoms with Crippen molar-refractivity contribution in [2.75, 3.05) is 50.8 Å². The number of aromatic nitrogens is 3. The maximum absolute atomic E-state index is 13.5. The zero-order chi connectivity index (χ0) is 28.0. The molecule has 1 aromatic carbocycles. The van der Waals surface area contributed by atoms with E-state index in [1.165, 1.54) is 0 Å². The first kappa shape index (κ1) is 27.1. The lowest BCUT2D eigenvalue weighted by Crippen LogP contribution is -2.44. The van der Waals surface area contributed by atoms with Gasteiger partial charge < -0.3 is 20.7 Å².